The predicted octanol–water partition coefficient (Wildman–Crippen LogP) is 3.03. The van der Waals surface area contributed by atoms with Crippen LogP contribution in [0.3, 0.4) is 0 Å². The highest BCUT2D eigenvalue weighted by molar-refractivity contribution is 5.95. The first-order valence-corrected chi connectivity index (χ1v) is 8.77. The molecule has 7 nitrogen and oxygen atoms in total. The summed E-state index contributed by atoms with van der Waals surface area (Å²) in [6.45, 7) is 4.53. The maximum absolute atomic E-state index is 12.4. The monoisotopic (exact) mass is 378 g/mol. The highest BCUT2D eigenvalue weighted by Crippen LogP contribution is 2.27. The zero-order valence-electron chi connectivity index (χ0n) is 16.0. The van der Waals surface area contributed by atoms with E-state index in [1.807, 2.05) is 42.8 Å². The highest BCUT2D eigenvalue weighted by atomic mass is 16.5. The molecule has 0 aliphatic rings. The Morgan fingerprint density at radius 1 is 1.25 bits per heavy atom. The number of hydrazone groups is 1. The summed E-state index contributed by atoms with van der Waals surface area (Å²) in [4.78, 5) is 12.4. The number of carbonyl (C=O) groups excluding carboxylic acids is 1. The van der Waals surface area contributed by atoms with E-state index in [2.05, 4.69) is 15.6 Å². The average Bonchev–Trinajstić information content (AvgIpc) is 3.00. The summed E-state index contributed by atoms with van der Waals surface area (Å²) in [5.74, 6) is -0.0316. The average molecular weight is 378 g/mol. The first-order chi connectivity index (χ1) is 13.5. The van der Waals surface area contributed by atoms with Crippen LogP contribution in [0.25, 0.3) is 0 Å². The molecule has 0 bridgehead atoms. The number of amides is 1. The van der Waals surface area contributed by atoms with E-state index in [9.17, 15) is 9.90 Å². The molecule has 1 heterocycles. The van der Waals surface area contributed by atoms with Gasteiger partial charge in [0, 0.05) is 16.8 Å². The number of aryl methyl sites for hydroxylation is 2. The fraction of sp³-hybridized carbons (Fsp3) is 0.190. The van der Waals surface area contributed by atoms with Gasteiger partial charge in [0.15, 0.2) is 11.5 Å². The van der Waals surface area contributed by atoms with Crippen LogP contribution in [0.1, 0.15) is 32.9 Å². The first kappa shape index (κ1) is 19.2. The van der Waals surface area contributed by atoms with E-state index in [-0.39, 0.29) is 11.7 Å². The lowest BCUT2D eigenvalue weighted by Gasteiger charge is -2.07. The van der Waals surface area contributed by atoms with E-state index in [4.69, 9.17) is 4.74 Å². The van der Waals surface area contributed by atoms with Crippen molar-refractivity contribution in [3.05, 3.63) is 76.6 Å². The number of para-hydroxylation sites is 1. The van der Waals surface area contributed by atoms with Crippen LogP contribution < -0.4 is 10.2 Å². The molecule has 0 aliphatic carbocycles. The van der Waals surface area contributed by atoms with Crippen molar-refractivity contribution in [1.29, 1.82) is 0 Å². The lowest BCUT2D eigenvalue weighted by atomic mass is 10.1. The molecule has 144 valence electrons. The number of nitrogens with zero attached hydrogens (tertiary/aromatic N) is 3. The predicted molar refractivity (Wildman–Crippen MR) is 107 cm³/mol. The van der Waals surface area contributed by atoms with Crippen molar-refractivity contribution in [2.24, 2.45) is 5.10 Å². The quantitative estimate of drug-likeness (QED) is 0.510. The molecule has 0 spiro atoms. The van der Waals surface area contributed by atoms with Gasteiger partial charge in [-0.25, -0.2) is 5.43 Å². The number of aromatic nitrogens is 2. The third-order valence-corrected chi connectivity index (χ3v) is 4.24. The van der Waals surface area contributed by atoms with Crippen LogP contribution in [0.15, 0.2) is 53.6 Å². The van der Waals surface area contributed by atoms with Crippen molar-refractivity contribution in [1.82, 2.24) is 15.2 Å². The molecule has 2 N–H and O–H groups in total. The number of rotatable bonds is 6. The molecule has 0 saturated carbocycles. The van der Waals surface area contributed by atoms with Crippen LogP contribution in [0.5, 0.6) is 11.5 Å². The number of carbonyl (C=O) groups is 1. The summed E-state index contributed by atoms with van der Waals surface area (Å²) < 4.78 is 6.95. The molecule has 1 amide bonds. The summed E-state index contributed by atoms with van der Waals surface area (Å²) in [6.07, 6.45) is 1.37. The van der Waals surface area contributed by atoms with Gasteiger partial charge in [-0.2, -0.15) is 10.2 Å². The van der Waals surface area contributed by atoms with Gasteiger partial charge in [0.25, 0.3) is 5.91 Å². The fourth-order valence-electron chi connectivity index (χ4n) is 2.85. The lowest BCUT2D eigenvalue weighted by Crippen LogP contribution is -2.18. The van der Waals surface area contributed by atoms with Gasteiger partial charge in [-0.3, -0.25) is 9.48 Å². The SMILES string of the molecule is COc1cccc(C=NNC(=O)c2cccc(Cn3nc(C)cc3C)c2)c1O. The van der Waals surface area contributed by atoms with Crippen LogP contribution in [0.4, 0.5) is 0 Å². The minimum Gasteiger partial charge on any atom is -0.504 e. The summed E-state index contributed by atoms with van der Waals surface area (Å²) in [7, 11) is 1.47. The van der Waals surface area contributed by atoms with Crippen LogP contribution in [-0.2, 0) is 6.54 Å². The zero-order valence-corrected chi connectivity index (χ0v) is 16.0. The Hall–Kier alpha value is -3.61. The Labute approximate surface area is 163 Å². The van der Waals surface area contributed by atoms with Gasteiger partial charge in [-0.05, 0) is 49.7 Å². The van der Waals surface area contributed by atoms with Gasteiger partial charge in [-0.15, -0.1) is 0 Å². The van der Waals surface area contributed by atoms with E-state index >= 15 is 0 Å². The van der Waals surface area contributed by atoms with Crippen molar-refractivity contribution in [3.8, 4) is 11.5 Å². The largest absolute Gasteiger partial charge is 0.504 e. The zero-order chi connectivity index (χ0) is 20.1. The Morgan fingerprint density at radius 2 is 2.04 bits per heavy atom. The number of benzene rings is 2. The van der Waals surface area contributed by atoms with Crippen molar-refractivity contribution < 1.29 is 14.6 Å². The lowest BCUT2D eigenvalue weighted by molar-refractivity contribution is 0.0955. The molecular formula is C21H22N4O3. The number of ether oxygens (including phenoxy) is 1. The molecule has 7 heteroatoms. The molecule has 0 saturated heterocycles. The molecule has 2 aromatic carbocycles. The number of nitrogens with one attached hydrogen (secondary N) is 1. The maximum atomic E-state index is 12.4. The summed E-state index contributed by atoms with van der Waals surface area (Å²) >= 11 is 0. The Morgan fingerprint density at radius 3 is 2.75 bits per heavy atom. The normalized spacial score (nSPS) is 11.0. The van der Waals surface area contributed by atoms with Crippen molar-refractivity contribution in [2.75, 3.05) is 7.11 Å². The third kappa shape index (κ3) is 4.37. The van der Waals surface area contributed by atoms with Crippen LogP contribution in [0, 0.1) is 13.8 Å². The standard InChI is InChI=1S/C21H22N4O3/c1-14-10-15(2)25(24-14)13-16-6-4-7-17(11-16)21(27)23-22-12-18-8-5-9-19(28-3)20(18)26/h4-12,26H,13H2,1-3H3,(H,23,27). The van der Waals surface area contributed by atoms with Crippen LogP contribution >= 0.6 is 0 Å². The van der Waals surface area contributed by atoms with Crippen LogP contribution in [0.2, 0.25) is 0 Å². The topological polar surface area (TPSA) is 88.7 Å². The van der Waals surface area contributed by atoms with Crippen molar-refractivity contribution >= 4 is 12.1 Å². The summed E-state index contributed by atoms with van der Waals surface area (Å²) in [5.41, 5.74) is 6.40. The molecule has 0 aliphatic heterocycles. The Kier molecular flexibility index (Phi) is 5.74. The van der Waals surface area contributed by atoms with Gasteiger partial charge in [0.05, 0.1) is 25.6 Å². The number of phenolic OH excluding ortho intramolecular Hbond substituents is 1. The van der Waals surface area contributed by atoms with Crippen molar-refractivity contribution in [2.45, 2.75) is 20.4 Å². The van der Waals surface area contributed by atoms with Gasteiger partial charge in [0.1, 0.15) is 0 Å². The fourth-order valence-corrected chi connectivity index (χ4v) is 2.85. The second-order valence-corrected chi connectivity index (χ2v) is 6.38. The molecule has 3 rings (SSSR count). The van der Waals surface area contributed by atoms with Gasteiger partial charge < -0.3 is 9.84 Å². The second kappa shape index (κ2) is 8.39. The van der Waals surface area contributed by atoms with Gasteiger partial charge in [0.2, 0.25) is 0 Å². The van der Waals surface area contributed by atoms with Gasteiger partial charge in [-0.1, -0.05) is 18.2 Å². The Balaban J connectivity index is 1.69. The number of hydrogen-bond acceptors (Lipinski definition) is 5. The van der Waals surface area contributed by atoms with E-state index in [1.54, 1.807) is 24.3 Å². The molecule has 0 radical (unpaired) electrons. The minimum atomic E-state index is -0.339. The van der Waals surface area contributed by atoms with E-state index in [0.717, 1.165) is 17.0 Å². The number of aromatic hydroxyl groups is 1. The van der Waals surface area contributed by atoms with E-state index in [0.29, 0.717) is 23.4 Å². The third-order valence-electron chi connectivity index (χ3n) is 4.24. The smallest absolute Gasteiger partial charge is 0.271 e. The molecule has 0 fully saturated rings. The number of phenols is 1. The highest BCUT2D eigenvalue weighted by Gasteiger charge is 2.08. The maximum Gasteiger partial charge on any atom is 0.271 e. The van der Waals surface area contributed by atoms with E-state index in [1.165, 1.54) is 13.3 Å². The molecular weight excluding hydrogens is 356 g/mol. The molecule has 1 aromatic heterocycles. The summed E-state index contributed by atoms with van der Waals surface area (Å²) in [5, 5.41) is 18.4. The molecule has 3 aromatic rings. The molecule has 28 heavy (non-hydrogen) atoms. The summed E-state index contributed by atoms with van der Waals surface area (Å²) in [6, 6.07) is 14.4. The Bertz CT molecular complexity index is 1020. The van der Waals surface area contributed by atoms with Crippen LogP contribution in [-0.4, -0.2) is 34.1 Å². The number of methoxy groups -OCH3 is 1. The minimum absolute atomic E-state index is 0.0325. The molecule has 0 atom stereocenters. The van der Waals surface area contributed by atoms with E-state index < -0.39 is 0 Å². The second-order valence-electron chi connectivity index (χ2n) is 6.38. The first-order valence-electron chi connectivity index (χ1n) is 8.77. The van der Waals surface area contributed by atoms with Gasteiger partial charge >= 0.3 is 0 Å². The number of hydrogen-bond donors (Lipinski definition) is 2. The molecule has 0 unspecified atom stereocenters. The van der Waals surface area contributed by atoms with Crippen molar-refractivity contribution in [3.63, 3.8) is 0 Å².